The van der Waals surface area contributed by atoms with E-state index >= 15 is 0 Å². The number of anilines is 1. The van der Waals surface area contributed by atoms with Crippen LogP contribution in [0.25, 0.3) is 0 Å². The quantitative estimate of drug-likeness (QED) is 0.854. The third-order valence-electron chi connectivity index (χ3n) is 3.29. The van der Waals surface area contributed by atoms with Gasteiger partial charge in [-0.25, -0.2) is 0 Å². The van der Waals surface area contributed by atoms with Crippen molar-refractivity contribution in [3.05, 3.63) is 59.9 Å². The molecule has 110 valence electrons. The first-order valence-corrected chi connectivity index (χ1v) is 7.26. The fourth-order valence-corrected chi connectivity index (χ4v) is 2.10. The van der Waals surface area contributed by atoms with Crippen molar-refractivity contribution in [3.8, 4) is 0 Å². The highest BCUT2D eigenvalue weighted by Crippen LogP contribution is 2.17. The largest absolute Gasteiger partial charge is 0.384 e. The Morgan fingerprint density at radius 3 is 2.62 bits per heavy atom. The van der Waals surface area contributed by atoms with E-state index in [1.54, 1.807) is 12.4 Å². The summed E-state index contributed by atoms with van der Waals surface area (Å²) >= 11 is 0. The number of hydrogen-bond acceptors (Lipinski definition) is 3. The number of benzene rings is 1. The second kappa shape index (κ2) is 7.43. The fraction of sp³-hybridized carbons (Fsp3) is 0.294. The summed E-state index contributed by atoms with van der Waals surface area (Å²) in [7, 11) is 0. The summed E-state index contributed by atoms with van der Waals surface area (Å²) in [5.74, 6) is -0.0708. The molecule has 0 saturated carbocycles. The molecule has 0 aliphatic heterocycles. The minimum Gasteiger partial charge on any atom is -0.384 e. The molecule has 0 spiro atoms. The van der Waals surface area contributed by atoms with E-state index in [1.807, 2.05) is 43.3 Å². The summed E-state index contributed by atoms with van der Waals surface area (Å²) in [6.45, 7) is 4.92. The SMILES string of the molecule is CCCNc1ccccc1C(=O)N[C@@H](C)c1ccncc1. The van der Waals surface area contributed by atoms with Gasteiger partial charge in [0, 0.05) is 24.6 Å². The number of carbonyl (C=O) groups excluding carboxylic acids is 1. The van der Waals surface area contributed by atoms with Crippen molar-refractivity contribution in [2.24, 2.45) is 0 Å². The lowest BCUT2D eigenvalue weighted by Gasteiger charge is -2.16. The van der Waals surface area contributed by atoms with E-state index in [0.717, 1.165) is 24.2 Å². The van der Waals surface area contributed by atoms with Crippen molar-refractivity contribution < 1.29 is 4.79 Å². The van der Waals surface area contributed by atoms with Crippen LogP contribution in [0.1, 0.15) is 42.2 Å². The molecule has 0 radical (unpaired) electrons. The fourth-order valence-electron chi connectivity index (χ4n) is 2.10. The van der Waals surface area contributed by atoms with Crippen LogP contribution in [0.15, 0.2) is 48.8 Å². The first-order chi connectivity index (χ1) is 10.2. The van der Waals surface area contributed by atoms with Gasteiger partial charge >= 0.3 is 0 Å². The van der Waals surface area contributed by atoms with Crippen LogP contribution < -0.4 is 10.6 Å². The first kappa shape index (κ1) is 15.0. The lowest BCUT2D eigenvalue weighted by Crippen LogP contribution is -2.27. The van der Waals surface area contributed by atoms with Gasteiger partial charge < -0.3 is 10.6 Å². The van der Waals surface area contributed by atoms with Crippen LogP contribution in [0.2, 0.25) is 0 Å². The molecule has 21 heavy (non-hydrogen) atoms. The molecular formula is C17H21N3O. The Bertz CT molecular complexity index is 584. The second-order valence-electron chi connectivity index (χ2n) is 4.95. The molecule has 1 atom stereocenters. The van der Waals surface area contributed by atoms with Crippen LogP contribution in [-0.2, 0) is 0 Å². The Kier molecular flexibility index (Phi) is 5.32. The number of rotatable bonds is 6. The summed E-state index contributed by atoms with van der Waals surface area (Å²) in [5.41, 5.74) is 2.59. The van der Waals surface area contributed by atoms with Crippen LogP contribution in [-0.4, -0.2) is 17.4 Å². The van der Waals surface area contributed by atoms with E-state index in [4.69, 9.17) is 0 Å². The highest BCUT2D eigenvalue weighted by atomic mass is 16.1. The van der Waals surface area contributed by atoms with Gasteiger partial charge in [-0.15, -0.1) is 0 Å². The highest BCUT2D eigenvalue weighted by Gasteiger charge is 2.14. The predicted molar refractivity (Wildman–Crippen MR) is 85.3 cm³/mol. The first-order valence-electron chi connectivity index (χ1n) is 7.26. The molecule has 0 fully saturated rings. The molecule has 1 aromatic carbocycles. The Hall–Kier alpha value is -2.36. The summed E-state index contributed by atoms with van der Waals surface area (Å²) in [6.07, 6.45) is 4.48. The number of nitrogens with one attached hydrogen (secondary N) is 2. The summed E-state index contributed by atoms with van der Waals surface area (Å²) in [5, 5.41) is 6.31. The van der Waals surface area contributed by atoms with Gasteiger partial charge in [0.2, 0.25) is 0 Å². The van der Waals surface area contributed by atoms with Crippen LogP contribution in [0, 0.1) is 0 Å². The van der Waals surface area contributed by atoms with E-state index < -0.39 is 0 Å². The van der Waals surface area contributed by atoms with Gasteiger partial charge in [0.25, 0.3) is 5.91 Å². The van der Waals surface area contributed by atoms with E-state index in [1.165, 1.54) is 0 Å². The lowest BCUT2D eigenvalue weighted by atomic mass is 10.1. The van der Waals surface area contributed by atoms with Crippen molar-refractivity contribution in [2.45, 2.75) is 26.3 Å². The molecule has 0 saturated heterocycles. The number of nitrogens with zero attached hydrogens (tertiary/aromatic N) is 1. The molecule has 1 aromatic heterocycles. The Morgan fingerprint density at radius 1 is 1.19 bits per heavy atom. The minimum atomic E-state index is -0.0708. The van der Waals surface area contributed by atoms with Crippen molar-refractivity contribution in [3.63, 3.8) is 0 Å². The van der Waals surface area contributed by atoms with Crippen molar-refractivity contribution in [2.75, 3.05) is 11.9 Å². The average molecular weight is 283 g/mol. The number of hydrogen-bond donors (Lipinski definition) is 2. The number of pyridine rings is 1. The topological polar surface area (TPSA) is 54.0 Å². The van der Waals surface area contributed by atoms with Crippen molar-refractivity contribution in [1.82, 2.24) is 10.3 Å². The zero-order valence-corrected chi connectivity index (χ0v) is 12.5. The number of aromatic nitrogens is 1. The van der Waals surface area contributed by atoms with Gasteiger partial charge in [-0.1, -0.05) is 19.1 Å². The molecule has 0 aliphatic rings. The molecule has 0 bridgehead atoms. The summed E-state index contributed by atoms with van der Waals surface area (Å²) in [4.78, 5) is 16.4. The molecule has 2 N–H and O–H groups in total. The molecule has 4 nitrogen and oxygen atoms in total. The second-order valence-corrected chi connectivity index (χ2v) is 4.95. The zero-order valence-electron chi connectivity index (χ0n) is 12.5. The van der Waals surface area contributed by atoms with Gasteiger partial charge in [-0.2, -0.15) is 0 Å². The standard InChI is InChI=1S/C17H21N3O/c1-3-10-19-16-7-5-4-6-15(16)17(21)20-13(2)14-8-11-18-12-9-14/h4-9,11-13,19H,3,10H2,1-2H3,(H,20,21)/t13-/m0/s1. The molecular weight excluding hydrogens is 262 g/mol. The van der Waals surface area contributed by atoms with Crippen LogP contribution in [0.5, 0.6) is 0 Å². The Morgan fingerprint density at radius 2 is 1.90 bits per heavy atom. The van der Waals surface area contributed by atoms with Gasteiger partial charge in [0.15, 0.2) is 0 Å². The van der Waals surface area contributed by atoms with E-state index in [0.29, 0.717) is 5.56 Å². The maximum Gasteiger partial charge on any atom is 0.253 e. The van der Waals surface area contributed by atoms with Gasteiger partial charge in [0.1, 0.15) is 0 Å². The monoisotopic (exact) mass is 283 g/mol. The predicted octanol–water partition coefficient (Wildman–Crippen LogP) is 3.39. The van der Waals surface area contributed by atoms with Gasteiger partial charge in [-0.05, 0) is 43.2 Å². The molecule has 0 aliphatic carbocycles. The zero-order chi connectivity index (χ0) is 15.1. The lowest BCUT2D eigenvalue weighted by molar-refractivity contribution is 0.0940. The number of amides is 1. The van der Waals surface area contributed by atoms with Crippen LogP contribution in [0.4, 0.5) is 5.69 Å². The average Bonchev–Trinajstić information content (AvgIpc) is 2.54. The third-order valence-corrected chi connectivity index (χ3v) is 3.29. The van der Waals surface area contributed by atoms with Gasteiger partial charge in [-0.3, -0.25) is 9.78 Å². The van der Waals surface area contributed by atoms with E-state index in [2.05, 4.69) is 22.5 Å². The third kappa shape index (κ3) is 4.05. The molecule has 4 heteroatoms. The molecule has 2 rings (SSSR count). The maximum atomic E-state index is 12.4. The molecule has 2 aromatic rings. The van der Waals surface area contributed by atoms with Crippen LogP contribution in [0.3, 0.4) is 0 Å². The smallest absolute Gasteiger partial charge is 0.253 e. The van der Waals surface area contributed by atoms with E-state index in [-0.39, 0.29) is 11.9 Å². The summed E-state index contributed by atoms with van der Waals surface area (Å²) in [6, 6.07) is 11.3. The van der Waals surface area contributed by atoms with E-state index in [9.17, 15) is 4.79 Å². The Balaban J connectivity index is 2.10. The van der Waals surface area contributed by atoms with Crippen molar-refractivity contribution >= 4 is 11.6 Å². The number of carbonyl (C=O) groups is 1. The summed E-state index contributed by atoms with van der Waals surface area (Å²) < 4.78 is 0. The Labute approximate surface area is 125 Å². The van der Waals surface area contributed by atoms with Gasteiger partial charge in [0.05, 0.1) is 11.6 Å². The molecule has 1 amide bonds. The normalized spacial score (nSPS) is 11.7. The highest BCUT2D eigenvalue weighted by molar-refractivity contribution is 5.99. The van der Waals surface area contributed by atoms with Crippen molar-refractivity contribution in [1.29, 1.82) is 0 Å². The molecule has 1 heterocycles. The molecule has 0 unspecified atom stereocenters. The van der Waals surface area contributed by atoms with Crippen LogP contribution >= 0.6 is 0 Å². The maximum absolute atomic E-state index is 12.4. The number of para-hydroxylation sites is 1. The minimum absolute atomic E-state index is 0.0558.